The first-order valence-corrected chi connectivity index (χ1v) is 9.57. The molecule has 152 valence electrons. The van der Waals surface area contributed by atoms with Crippen molar-refractivity contribution in [3.63, 3.8) is 0 Å². The highest BCUT2D eigenvalue weighted by molar-refractivity contribution is 9.10. The van der Waals surface area contributed by atoms with E-state index in [1.165, 1.54) is 25.5 Å². The summed E-state index contributed by atoms with van der Waals surface area (Å²) in [6.45, 7) is 0. The predicted molar refractivity (Wildman–Crippen MR) is 115 cm³/mol. The predicted octanol–water partition coefficient (Wildman–Crippen LogP) is 4.24. The molecule has 0 aliphatic heterocycles. The zero-order valence-electron chi connectivity index (χ0n) is 15.8. The van der Waals surface area contributed by atoms with Crippen LogP contribution in [0.2, 0.25) is 0 Å². The smallest absolute Gasteiger partial charge is 0.337 e. The van der Waals surface area contributed by atoms with Crippen molar-refractivity contribution in [2.75, 3.05) is 12.4 Å². The zero-order chi connectivity index (χ0) is 21.5. The summed E-state index contributed by atoms with van der Waals surface area (Å²) < 4.78 is 10.8. The van der Waals surface area contributed by atoms with Crippen molar-refractivity contribution < 1.29 is 23.5 Å². The van der Waals surface area contributed by atoms with E-state index in [2.05, 4.69) is 31.3 Å². The van der Waals surface area contributed by atoms with Gasteiger partial charge in [-0.05, 0) is 54.6 Å². The lowest BCUT2D eigenvalue weighted by atomic mass is 10.2. The van der Waals surface area contributed by atoms with Gasteiger partial charge in [0, 0.05) is 21.8 Å². The summed E-state index contributed by atoms with van der Waals surface area (Å²) >= 11 is 3.31. The SMILES string of the molecule is COC(=O)c1cccc(NC(=O)/C(=C\c2ccco2)NC(=O)c2ccc(Br)cc2)c1. The van der Waals surface area contributed by atoms with E-state index in [1.54, 1.807) is 54.6 Å². The number of hydrogen-bond acceptors (Lipinski definition) is 5. The molecule has 30 heavy (non-hydrogen) atoms. The molecule has 0 atom stereocenters. The number of anilines is 1. The second kappa shape index (κ2) is 9.71. The van der Waals surface area contributed by atoms with Crippen LogP contribution in [0, 0.1) is 0 Å². The van der Waals surface area contributed by atoms with Crippen molar-refractivity contribution in [1.29, 1.82) is 0 Å². The molecule has 0 fully saturated rings. The van der Waals surface area contributed by atoms with Crippen molar-refractivity contribution in [3.8, 4) is 0 Å². The summed E-state index contributed by atoms with van der Waals surface area (Å²) in [5, 5.41) is 5.26. The maximum absolute atomic E-state index is 12.9. The highest BCUT2D eigenvalue weighted by atomic mass is 79.9. The standard InChI is InChI=1S/C22H17BrN2O5/c1-29-22(28)15-4-2-5-17(12-15)24-21(27)19(13-18-6-3-11-30-18)25-20(26)14-7-9-16(23)10-8-14/h2-13H,1H3,(H,24,27)(H,25,26)/b19-13+. The number of hydrogen-bond donors (Lipinski definition) is 2. The van der Waals surface area contributed by atoms with Gasteiger partial charge in [-0.25, -0.2) is 4.79 Å². The number of rotatable bonds is 6. The van der Waals surface area contributed by atoms with Gasteiger partial charge in [0.2, 0.25) is 0 Å². The number of furan rings is 1. The molecule has 0 bridgehead atoms. The van der Waals surface area contributed by atoms with Gasteiger partial charge in [0.25, 0.3) is 11.8 Å². The molecule has 2 amide bonds. The molecule has 7 nitrogen and oxygen atoms in total. The molecule has 0 aliphatic carbocycles. The van der Waals surface area contributed by atoms with Crippen LogP contribution in [0.5, 0.6) is 0 Å². The fraction of sp³-hybridized carbons (Fsp3) is 0.0455. The Balaban J connectivity index is 1.83. The number of carbonyl (C=O) groups is 3. The Bertz CT molecular complexity index is 1090. The molecule has 1 aromatic heterocycles. The second-order valence-electron chi connectivity index (χ2n) is 6.06. The minimum absolute atomic E-state index is 0.0265. The highest BCUT2D eigenvalue weighted by Gasteiger charge is 2.16. The lowest BCUT2D eigenvalue weighted by Crippen LogP contribution is -2.30. The Hall–Kier alpha value is -3.65. The lowest BCUT2D eigenvalue weighted by Gasteiger charge is -2.11. The Kier molecular flexibility index (Phi) is 6.82. The maximum atomic E-state index is 12.9. The zero-order valence-corrected chi connectivity index (χ0v) is 17.4. The van der Waals surface area contributed by atoms with Crippen molar-refractivity contribution >= 4 is 45.5 Å². The summed E-state index contributed by atoms with van der Waals surface area (Å²) in [4.78, 5) is 37.2. The third kappa shape index (κ3) is 5.45. The van der Waals surface area contributed by atoms with E-state index in [0.29, 0.717) is 17.0 Å². The molecule has 1 heterocycles. The molecule has 0 unspecified atom stereocenters. The number of nitrogens with one attached hydrogen (secondary N) is 2. The fourth-order valence-corrected chi connectivity index (χ4v) is 2.77. The van der Waals surface area contributed by atoms with E-state index in [9.17, 15) is 14.4 Å². The third-order valence-electron chi connectivity index (χ3n) is 3.97. The van der Waals surface area contributed by atoms with E-state index in [1.807, 2.05) is 0 Å². The van der Waals surface area contributed by atoms with E-state index < -0.39 is 17.8 Å². The first-order chi connectivity index (χ1) is 14.5. The Morgan fingerprint density at radius 1 is 1.00 bits per heavy atom. The Labute approximate surface area is 180 Å². The van der Waals surface area contributed by atoms with Crippen LogP contribution >= 0.6 is 15.9 Å². The van der Waals surface area contributed by atoms with Crippen LogP contribution in [0.3, 0.4) is 0 Å². The van der Waals surface area contributed by atoms with Gasteiger partial charge < -0.3 is 19.8 Å². The van der Waals surface area contributed by atoms with Crippen molar-refractivity contribution in [2.24, 2.45) is 0 Å². The number of methoxy groups -OCH3 is 1. The Morgan fingerprint density at radius 3 is 2.43 bits per heavy atom. The molecule has 0 radical (unpaired) electrons. The first-order valence-electron chi connectivity index (χ1n) is 8.78. The third-order valence-corrected chi connectivity index (χ3v) is 4.50. The van der Waals surface area contributed by atoms with Crippen LogP contribution in [-0.2, 0) is 9.53 Å². The van der Waals surface area contributed by atoms with Crippen molar-refractivity contribution in [3.05, 3.63) is 94.0 Å². The lowest BCUT2D eigenvalue weighted by molar-refractivity contribution is -0.113. The fourth-order valence-electron chi connectivity index (χ4n) is 2.51. The molecule has 0 saturated carbocycles. The van der Waals surface area contributed by atoms with Gasteiger partial charge in [-0.3, -0.25) is 9.59 Å². The van der Waals surface area contributed by atoms with E-state index >= 15 is 0 Å². The van der Waals surface area contributed by atoms with Gasteiger partial charge >= 0.3 is 5.97 Å². The number of ether oxygens (including phenoxy) is 1. The molecule has 0 spiro atoms. The normalized spacial score (nSPS) is 10.9. The molecular formula is C22H17BrN2O5. The molecule has 0 saturated heterocycles. The quantitative estimate of drug-likeness (QED) is 0.416. The van der Waals surface area contributed by atoms with Crippen LogP contribution < -0.4 is 10.6 Å². The highest BCUT2D eigenvalue weighted by Crippen LogP contribution is 2.15. The van der Waals surface area contributed by atoms with E-state index in [4.69, 9.17) is 4.42 Å². The van der Waals surface area contributed by atoms with Crippen LogP contribution in [0.4, 0.5) is 5.69 Å². The largest absolute Gasteiger partial charge is 0.465 e. The minimum Gasteiger partial charge on any atom is -0.465 e. The molecule has 8 heteroatoms. The van der Waals surface area contributed by atoms with Gasteiger partial charge in [0.15, 0.2) is 0 Å². The average molecular weight is 469 g/mol. The molecule has 2 aromatic carbocycles. The maximum Gasteiger partial charge on any atom is 0.337 e. The minimum atomic E-state index is -0.584. The van der Waals surface area contributed by atoms with Crippen LogP contribution in [-0.4, -0.2) is 24.9 Å². The summed E-state index contributed by atoms with van der Waals surface area (Å²) in [7, 11) is 1.27. The molecular weight excluding hydrogens is 452 g/mol. The molecule has 2 N–H and O–H groups in total. The van der Waals surface area contributed by atoms with Gasteiger partial charge in [0.1, 0.15) is 11.5 Å². The number of esters is 1. The number of carbonyl (C=O) groups excluding carboxylic acids is 3. The summed E-state index contributed by atoms with van der Waals surface area (Å²) in [5.41, 5.74) is 1.00. The summed E-state index contributed by atoms with van der Waals surface area (Å²) in [5.74, 6) is -1.18. The van der Waals surface area contributed by atoms with E-state index in [0.717, 1.165) is 4.47 Å². The number of benzene rings is 2. The first kappa shape index (κ1) is 21.1. The van der Waals surface area contributed by atoms with Crippen LogP contribution in [0.15, 0.2) is 81.5 Å². The van der Waals surface area contributed by atoms with Gasteiger partial charge in [-0.1, -0.05) is 22.0 Å². The van der Waals surface area contributed by atoms with Gasteiger partial charge in [0.05, 0.1) is 18.9 Å². The second-order valence-corrected chi connectivity index (χ2v) is 6.98. The summed E-state index contributed by atoms with van der Waals surface area (Å²) in [6.07, 6.45) is 2.87. The monoisotopic (exact) mass is 468 g/mol. The summed E-state index contributed by atoms with van der Waals surface area (Å²) in [6, 6.07) is 16.3. The van der Waals surface area contributed by atoms with E-state index in [-0.39, 0.29) is 11.3 Å². The van der Waals surface area contributed by atoms with Crippen molar-refractivity contribution in [1.82, 2.24) is 5.32 Å². The van der Waals surface area contributed by atoms with Crippen LogP contribution in [0.25, 0.3) is 6.08 Å². The van der Waals surface area contributed by atoms with Gasteiger partial charge in [-0.15, -0.1) is 0 Å². The average Bonchev–Trinajstić information content (AvgIpc) is 3.26. The number of halogens is 1. The molecule has 3 aromatic rings. The number of amides is 2. The van der Waals surface area contributed by atoms with Crippen molar-refractivity contribution in [2.45, 2.75) is 0 Å². The van der Waals surface area contributed by atoms with Crippen LogP contribution in [0.1, 0.15) is 26.5 Å². The molecule has 0 aliphatic rings. The topological polar surface area (TPSA) is 97.6 Å². The van der Waals surface area contributed by atoms with Gasteiger partial charge in [-0.2, -0.15) is 0 Å². The molecule has 3 rings (SSSR count). The Morgan fingerprint density at radius 2 is 1.77 bits per heavy atom.